The van der Waals surface area contributed by atoms with Gasteiger partial charge in [0, 0.05) is 24.9 Å². The molecule has 0 aromatic heterocycles. The monoisotopic (exact) mass is 350 g/mol. The van der Waals surface area contributed by atoms with Crippen LogP contribution in [-0.4, -0.2) is 44.6 Å². The summed E-state index contributed by atoms with van der Waals surface area (Å²) in [4.78, 5) is 20.8. The second kappa shape index (κ2) is 7.30. The van der Waals surface area contributed by atoms with E-state index in [-0.39, 0.29) is 24.0 Å². The molecule has 1 aromatic rings. The fourth-order valence-corrected chi connectivity index (χ4v) is 4.58. The zero-order valence-electron chi connectivity index (χ0n) is 13.5. The third-order valence-electron chi connectivity index (χ3n) is 4.50. The topological polar surface area (TPSA) is 32.8 Å². The molecule has 0 radical (unpaired) electrons. The zero-order chi connectivity index (χ0) is 16.4. The maximum atomic E-state index is 13.0. The van der Waals surface area contributed by atoms with Gasteiger partial charge in [-0.2, -0.15) is 5.06 Å². The molecule has 124 valence electrons. The van der Waals surface area contributed by atoms with Gasteiger partial charge < -0.3 is 0 Å². The number of amides is 1. The van der Waals surface area contributed by atoms with Gasteiger partial charge in [-0.3, -0.25) is 14.5 Å². The third-order valence-corrected chi connectivity index (χ3v) is 5.93. The molecule has 2 aliphatic rings. The van der Waals surface area contributed by atoms with Gasteiger partial charge in [-0.15, -0.1) is 0 Å². The summed E-state index contributed by atoms with van der Waals surface area (Å²) in [5, 5.41) is 1.98. The second-order valence-electron chi connectivity index (χ2n) is 5.98. The SMILES string of the molecule is CC[C@@H]1[C@@H](C(=O)N2CCSC2=S)[C@H](C)ON1Cc1ccccc1. The Morgan fingerprint density at radius 1 is 1.39 bits per heavy atom. The molecule has 3 rings (SSSR count). The van der Waals surface area contributed by atoms with E-state index in [9.17, 15) is 4.79 Å². The van der Waals surface area contributed by atoms with Crippen LogP contribution in [-0.2, 0) is 16.2 Å². The van der Waals surface area contributed by atoms with Crippen LogP contribution in [0, 0.1) is 5.92 Å². The lowest BCUT2D eigenvalue weighted by Crippen LogP contribution is -2.44. The molecule has 6 heteroatoms. The van der Waals surface area contributed by atoms with Gasteiger partial charge in [0.05, 0.1) is 12.0 Å². The number of carbonyl (C=O) groups is 1. The highest BCUT2D eigenvalue weighted by Gasteiger charge is 2.46. The van der Waals surface area contributed by atoms with Crippen molar-refractivity contribution in [3.63, 3.8) is 0 Å². The minimum atomic E-state index is -0.152. The van der Waals surface area contributed by atoms with Crippen molar-refractivity contribution < 1.29 is 9.63 Å². The molecule has 4 nitrogen and oxygen atoms in total. The molecule has 23 heavy (non-hydrogen) atoms. The molecule has 2 fully saturated rings. The highest BCUT2D eigenvalue weighted by Crippen LogP contribution is 2.34. The lowest BCUT2D eigenvalue weighted by Gasteiger charge is -2.26. The van der Waals surface area contributed by atoms with Crippen molar-refractivity contribution >= 4 is 34.2 Å². The van der Waals surface area contributed by atoms with Crippen molar-refractivity contribution in [3.05, 3.63) is 35.9 Å². The molecule has 0 bridgehead atoms. The van der Waals surface area contributed by atoms with E-state index in [1.807, 2.05) is 30.2 Å². The number of hydrogen-bond donors (Lipinski definition) is 0. The van der Waals surface area contributed by atoms with E-state index in [0.29, 0.717) is 10.9 Å². The van der Waals surface area contributed by atoms with Crippen molar-refractivity contribution in [2.45, 2.75) is 39.0 Å². The lowest BCUT2D eigenvalue weighted by atomic mass is 9.92. The van der Waals surface area contributed by atoms with E-state index in [0.717, 1.165) is 18.7 Å². The quantitative estimate of drug-likeness (QED) is 0.780. The highest BCUT2D eigenvalue weighted by atomic mass is 32.2. The van der Waals surface area contributed by atoms with Gasteiger partial charge in [-0.25, -0.2) is 0 Å². The third kappa shape index (κ3) is 3.45. The molecule has 2 heterocycles. The summed E-state index contributed by atoms with van der Waals surface area (Å²) in [6.45, 7) is 5.53. The molecule has 2 aliphatic heterocycles. The number of hydroxylamine groups is 2. The molecule has 0 unspecified atom stereocenters. The first-order valence-electron chi connectivity index (χ1n) is 8.07. The number of rotatable bonds is 4. The summed E-state index contributed by atoms with van der Waals surface area (Å²) in [6.07, 6.45) is 0.756. The Balaban J connectivity index is 1.75. The van der Waals surface area contributed by atoms with Crippen molar-refractivity contribution in [1.82, 2.24) is 9.96 Å². The number of thioether (sulfide) groups is 1. The van der Waals surface area contributed by atoms with Crippen molar-refractivity contribution in [1.29, 1.82) is 0 Å². The standard InChI is InChI=1S/C17H22N2O2S2/c1-3-14-15(16(20)18-9-10-23-17(18)22)12(2)21-19(14)11-13-7-5-4-6-8-13/h4-8,12,14-15H,3,9-11H2,1-2H3/t12-,14+,15-/m0/s1. The summed E-state index contributed by atoms with van der Waals surface area (Å²) in [7, 11) is 0. The fraction of sp³-hybridized carbons (Fsp3) is 0.529. The lowest BCUT2D eigenvalue weighted by molar-refractivity contribution is -0.165. The first-order valence-corrected chi connectivity index (χ1v) is 9.46. The maximum Gasteiger partial charge on any atom is 0.235 e. The van der Waals surface area contributed by atoms with Gasteiger partial charge in [0.25, 0.3) is 0 Å². The molecule has 1 aromatic carbocycles. The minimum absolute atomic E-state index is 0.0890. The average Bonchev–Trinajstić information content (AvgIpc) is 3.10. The normalized spacial score (nSPS) is 28.5. The van der Waals surface area contributed by atoms with Crippen LogP contribution in [0.2, 0.25) is 0 Å². The Labute approximate surface area is 147 Å². The van der Waals surface area contributed by atoms with E-state index in [4.69, 9.17) is 17.1 Å². The Morgan fingerprint density at radius 3 is 2.74 bits per heavy atom. The number of carbonyl (C=O) groups excluding carboxylic acids is 1. The minimum Gasteiger partial charge on any atom is -0.297 e. The summed E-state index contributed by atoms with van der Waals surface area (Å²) in [5.74, 6) is 0.868. The summed E-state index contributed by atoms with van der Waals surface area (Å²) in [6, 6.07) is 10.3. The van der Waals surface area contributed by atoms with Crippen molar-refractivity contribution in [3.8, 4) is 0 Å². The Kier molecular flexibility index (Phi) is 5.36. The largest absolute Gasteiger partial charge is 0.297 e. The highest BCUT2D eigenvalue weighted by molar-refractivity contribution is 8.23. The molecular formula is C17H22N2O2S2. The van der Waals surface area contributed by atoms with Crippen LogP contribution in [0.5, 0.6) is 0 Å². The number of hydrogen-bond acceptors (Lipinski definition) is 5. The van der Waals surface area contributed by atoms with Gasteiger partial charge in [0.1, 0.15) is 4.32 Å². The Bertz CT molecular complexity index is 581. The molecule has 1 amide bonds. The van der Waals surface area contributed by atoms with Gasteiger partial charge in [0.2, 0.25) is 5.91 Å². The summed E-state index contributed by atoms with van der Waals surface area (Å²) in [5.41, 5.74) is 1.19. The van der Waals surface area contributed by atoms with Crippen LogP contribution in [0.25, 0.3) is 0 Å². The Morgan fingerprint density at radius 2 is 2.13 bits per heavy atom. The average molecular weight is 351 g/mol. The molecule has 0 N–H and O–H groups in total. The van der Waals surface area contributed by atoms with E-state index < -0.39 is 0 Å². The van der Waals surface area contributed by atoms with Crippen LogP contribution in [0.1, 0.15) is 25.8 Å². The first-order chi connectivity index (χ1) is 11.1. The van der Waals surface area contributed by atoms with Crippen LogP contribution in [0.15, 0.2) is 30.3 Å². The fourth-order valence-electron chi connectivity index (χ4n) is 3.36. The molecule has 2 saturated heterocycles. The van der Waals surface area contributed by atoms with Gasteiger partial charge >= 0.3 is 0 Å². The van der Waals surface area contributed by atoms with Crippen molar-refractivity contribution in [2.75, 3.05) is 12.3 Å². The van der Waals surface area contributed by atoms with Gasteiger partial charge in [-0.05, 0) is 18.9 Å². The predicted molar refractivity (Wildman–Crippen MR) is 96.9 cm³/mol. The van der Waals surface area contributed by atoms with Crippen LogP contribution < -0.4 is 0 Å². The summed E-state index contributed by atoms with van der Waals surface area (Å²) >= 11 is 6.90. The van der Waals surface area contributed by atoms with Crippen LogP contribution in [0.4, 0.5) is 0 Å². The van der Waals surface area contributed by atoms with Crippen LogP contribution in [0.3, 0.4) is 0 Å². The number of nitrogens with zero attached hydrogens (tertiary/aromatic N) is 2. The summed E-state index contributed by atoms with van der Waals surface area (Å²) < 4.78 is 0.707. The van der Waals surface area contributed by atoms with E-state index in [2.05, 4.69) is 19.1 Å². The Hall–Kier alpha value is -0.950. The second-order valence-corrected chi connectivity index (χ2v) is 7.71. The predicted octanol–water partition coefficient (Wildman–Crippen LogP) is 3.08. The molecule has 3 atom stereocenters. The van der Waals surface area contributed by atoms with Gasteiger partial charge in [-0.1, -0.05) is 61.2 Å². The van der Waals surface area contributed by atoms with E-state index in [1.165, 1.54) is 5.56 Å². The van der Waals surface area contributed by atoms with Gasteiger partial charge in [0.15, 0.2) is 0 Å². The van der Waals surface area contributed by atoms with Crippen molar-refractivity contribution in [2.24, 2.45) is 5.92 Å². The van der Waals surface area contributed by atoms with E-state index in [1.54, 1.807) is 16.7 Å². The first kappa shape index (κ1) is 16.9. The molecule has 0 spiro atoms. The van der Waals surface area contributed by atoms with Crippen LogP contribution >= 0.6 is 24.0 Å². The smallest absolute Gasteiger partial charge is 0.235 e. The molecule has 0 aliphatic carbocycles. The molecular weight excluding hydrogens is 328 g/mol. The maximum absolute atomic E-state index is 13.0. The molecule has 0 saturated carbocycles. The van der Waals surface area contributed by atoms with E-state index >= 15 is 0 Å². The number of benzene rings is 1. The zero-order valence-corrected chi connectivity index (χ0v) is 15.1. The number of thiocarbonyl (C=S) groups is 1.